The van der Waals surface area contributed by atoms with Gasteiger partial charge in [-0.15, -0.1) is 0 Å². The second-order valence-corrected chi connectivity index (χ2v) is 16.7. The van der Waals surface area contributed by atoms with Gasteiger partial charge in [0, 0.05) is 18.6 Å². The van der Waals surface area contributed by atoms with E-state index in [-0.39, 0.29) is 36.9 Å². The highest BCUT2D eigenvalue weighted by Gasteiger charge is 2.36. The molecule has 0 unspecified atom stereocenters. The minimum Gasteiger partial charge on any atom is -0.481 e. The minimum atomic E-state index is -1.97. The lowest BCUT2D eigenvalue weighted by Crippen LogP contribution is -2.61. The highest BCUT2D eigenvalue weighted by molar-refractivity contribution is 7.80. The lowest BCUT2D eigenvalue weighted by molar-refractivity contribution is -0.148. The number of benzene rings is 1. The van der Waals surface area contributed by atoms with Crippen molar-refractivity contribution in [2.75, 3.05) is 5.75 Å². The van der Waals surface area contributed by atoms with E-state index in [1.165, 1.54) is 0 Å². The Balaban J connectivity index is 3.46. The van der Waals surface area contributed by atoms with Crippen molar-refractivity contribution in [3.8, 4) is 0 Å². The molecule has 0 spiro atoms. The first-order valence-corrected chi connectivity index (χ1v) is 21.5. The second-order valence-electron chi connectivity index (χ2n) is 16.3. The number of aliphatic hydroxyl groups excluding tert-OH is 1. The minimum absolute atomic E-state index is 0.00745. The third-order valence-electron chi connectivity index (χ3n) is 9.48. The maximum absolute atomic E-state index is 14.1. The van der Waals surface area contributed by atoms with E-state index >= 15 is 0 Å². The second kappa shape index (κ2) is 28.5. The Labute approximate surface area is 385 Å². The van der Waals surface area contributed by atoms with Gasteiger partial charge in [-0.2, -0.15) is 12.6 Å². The molecule has 14 N–H and O–H groups in total. The Morgan fingerprint density at radius 1 is 0.530 bits per heavy atom. The van der Waals surface area contributed by atoms with Crippen molar-refractivity contribution in [2.24, 2.45) is 17.6 Å². The van der Waals surface area contributed by atoms with Crippen molar-refractivity contribution in [2.45, 2.75) is 134 Å². The molecule has 0 bridgehead atoms. The van der Waals surface area contributed by atoms with Crippen LogP contribution < -0.4 is 43.0 Å². The molecule has 368 valence electrons. The first kappa shape index (κ1) is 57.7. The highest BCUT2D eigenvalue weighted by Crippen LogP contribution is 2.11. The van der Waals surface area contributed by atoms with Crippen LogP contribution in [0.5, 0.6) is 0 Å². The molecule has 0 heterocycles. The fourth-order valence-corrected chi connectivity index (χ4v) is 6.41. The molecule has 0 saturated carbocycles. The van der Waals surface area contributed by atoms with Gasteiger partial charge in [0.2, 0.25) is 41.4 Å². The fourth-order valence-electron chi connectivity index (χ4n) is 6.15. The maximum atomic E-state index is 14.1. The molecule has 1 rings (SSSR count). The number of carbonyl (C=O) groups is 11. The first-order chi connectivity index (χ1) is 30.7. The van der Waals surface area contributed by atoms with E-state index in [1.54, 1.807) is 58.0 Å². The van der Waals surface area contributed by atoms with Crippen LogP contribution in [0.2, 0.25) is 0 Å². The van der Waals surface area contributed by atoms with Crippen LogP contribution >= 0.6 is 12.6 Å². The largest absolute Gasteiger partial charge is 0.481 e. The normalized spacial score (nSPS) is 15.2. The van der Waals surface area contributed by atoms with E-state index in [9.17, 15) is 73.2 Å². The van der Waals surface area contributed by atoms with Crippen molar-refractivity contribution in [3.05, 3.63) is 35.9 Å². The Bertz CT molecular complexity index is 1890. The van der Waals surface area contributed by atoms with Gasteiger partial charge in [0.1, 0.15) is 42.3 Å². The maximum Gasteiger partial charge on any atom is 0.326 e. The summed E-state index contributed by atoms with van der Waals surface area (Å²) in [7, 11) is 0. The zero-order chi connectivity index (χ0) is 50.4. The van der Waals surface area contributed by atoms with Crippen molar-refractivity contribution in [1.82, 2.24) is 37.2 Å². The van der Waals surface area contributed by atoms with Gasteiger partial charge in [0.25, 0.3) is 0 Å². The molecule has 1 aromatic carbocycles. The van der Waals surface area contributed by atoms with Gasteiger partial charge < -0.3 is 68.5 Å². The van der Waals surface area contributed by atoms with Gasteiger partial charge in [-0.25, -0.2) is 4.79 Å². The lowest BCUT2D eigenvalue weighted by Gasteiger charge is -2.28. The summed E-state index contributed by atoms with van der Waals surface area (Å²) in [5.74, 6) is -14.3. The number of aliphatic carboxylic acids is 4. The molecule has 24 nitrogen and oxygen atoms in total. The number of nitrogens with two attached hydrogens (primary N) is 1. The van der Waals surface area contributed by atoms with Crippen LogP contribution in [0.25, 0.3) is 0 Å². The monoisotopic (exact) mass is 954 g/mol. The summed E-state index contributed by atoms with van der Waals surface area (Å²) < 4.78 is 0. The number of amides is 7. The molecule has 0 saturated heterocycles. The number of aliphatic hydroxyl groups is 1. The first-order valence-electron chi connectivity index (χ1n) is 20.8. The van der Waals surface area contributed by atoms with E-state index in [2.05, 4.69) is 44.5 Å². The predicted octanol–water partition coefficient (Wildman–Crippen LogP) is -2.75. The summed E-state index contributed by atoms with van der Waals surface area (Å²) in [6, 6.07) is -4.58. The third kappa shape index (κ3) is 21.6. The van der Waals surface area contributed by atoms with Gasteiger partial charge in [0.15, 0.2) is 0 Å². The standard InChI is InChI=1S/C41H62N8O16S/c1-19(2)13-23(42)34(57)44-27(16-31(53)54)38(61)48-29(18-66)39(62)46-26(15-22-9-7-6-8-10-22)37(60)45-25(14-20(3)4)36(59)43-24(11-12-30(51)52)35(58)49-33(21(5)50)40(63)47-28(41(64)65)17-32(55)56/h6-10,19-21,23-29,33,50,66H,11-18,42H2,1-5H3,(H,43,59)(H,44,57)(H,45,60)(H,46,62)(H,47,63)(H,48,61)(H,49,58)(H,51,52)(H,53,54)(H,55,56)(H,64,65)/t21-,23+,24+,25+,26+,27+,28+,29+,33+/m1/s1. The molecule has 9 atom stereocenters. The average Bonchev–Trinajstić information content (AvgIpc) is 3.21. The van der Waals surface area contributed by atoms with Gasteiger partial charge >= 0.3 is 23.9 Å². The lowest BCUT2D eigenvalue weighted by atomic mass is 10.00. The molecule has 25 heteroatoms. The predicted molar refractivity (Wildman–Crippen MR) is 235 cm³/mol. The number of carboxylic acid groups (broad SMARTS) is 4. The molecule has 0 radical (unpaired) electrons. The summed E-state index contributed by atoms with van der Waals surface area (Å²) in [5, 5.41) is 63.6. The number of carbonyl (C=O) groups excluding carboxylic acids is 7. The zero-order valence-electron chi connectivity index (χ0n) is 37.1. The van der Waals surface area contributed by atoms with Gasteiger partial charge in [-0.1, -0.05) is 58.0 Å². The number of thiol groups is 1. The van der Waals surface area contributed by atoms with Gasteiger partial charge in [-0.3, -0.25) is 47.9 Å². The summed E-state index contributed by atoms with van der Waals surface area (Å²) >= 11 is 4.15. The van der Waals surface area contributed by atoms with Crippen LogP contribution in [-0.4, -0.2) is 151 Å². The molecule has 0 aliphatic carbocycles. The number of hydrogen-bond acceptors (Lipinski definition) is 14. The van der Waals surface area contributed by atoms with Crippen LogP contribution in [0.1, 0.15) is 78.7 Å². The molecule has 1 aromatic rings. The van der Waals surface area contributed by atoms with Crippen LogP contribution in [0.3, 0.4) is 0 Å². The van der Waals surface area contributed by atoms with E-state index in [4.69, 9.17) is 10.8 Å². The van der Waals surface area contributed by atoms with E-state index in [1.807, 2.05) is 5.32 Å². The van der Waals surface area contributed by atoms with Crippen LogP contribution in [0, 0.1) is 11.8 Å². The van der Waals surface area contributed by atoms with Crippen molar-refractivity contribution < 1.29 is 78.3 Å². The van der Waals surface area contributed by atoms with Crippen molar-refractivity contribution in [1.29, 1.82) is 0 Å². The Kier molecular flexibility index (Phi) is 24.9. The highest BCUT2D eigenvalue weighted by atomic mass is 32.1. The Morgan fingerprint density at radius 3 is 1.47 bits per heavy atom. The molecule has 0 aliphatic rings. The number of hydrogen-bond donors (Lipinski definition) is 14. The van der Waals surface area contributed by atoms with E-state index in [0.717, 1.165) is 6.92 Å². The van der Waals surface area contributed by atoms with E-state index < -0.39 is 145 Å². The topological polar surface area (TPSA) is 399 Å². The van der Waals surface area contributed by atoms with Crippen molar-refractivity contribution in [3.63, 3.8) is 0 Å². The van der Waals surface area contributed by atoms with E-state index in [0.29, 0.717) is 5.56 Å². The molecule has 0 aliphatic heterocycles. The Hall–Kier alpha value is -6.34. The van der Waals surface area contributed by atoms with Gasteiger partial charge in [0.05, 0.1) is 25.0 Å². The average molecular weight is 955 g/mol. The molecule has 0 aromatic heterocycles. The zero-order valence-corrected chi connectivity index (χ0v) is 38.0. The molecular formula is C41H62N8O16S. The summed E-state index contributed by atoms with van der Waals surface area (Å²) in [4.78, 5) is 140. The third-order valence-corrected chi connectivity index (χ3v) is 9.85. The molecule has 0 fully saturated rings. The van der Waals surface area contributed by atoms with Crippen LogP contribution in [-0.2, 0) is 59.2 Å². The summed E-state index contributed by atoms with van der Waals surface area (Å²) in [6.07, 6.45) is -5.02. The number of rotatable bonds is 30. The number of carboxylic acids is 4. The SMILES string of the molecule is CC(C)C[C@H](NC(=O)[C@H](Cc1ccccc1)NC(=O)[C@H](CS)NC(=O)[C@H](CC(=O)O)NC(=O)[C@@H](N)CC(C)C)C(=O)N[C@@H](CCC(=O)O)C(=O)N[C@H](C(=O)N[C@@H](CC(=O)O)C(=O)O)[C@@H](C)O. The van der Waals surface area contributed by atoms with Crippen molar-refractivity contribution >= 4 is 77.9 Å². The van der Waals surface area contributed by atoms with Crippen LogP contribution in [0.4, 0.5) is 0 Å². The number of nitrogens with one attached hydrogen (secondary N) is 7. The summed E-state index contributed by atoms with van der Waals surface area (Å²) in [6.45, 7) is 8.01. The Morgan fingerprint density at radius 2 is 0.970 bits per heavy atom. The summed E-state index contributed by atoms with van der Waals surface area (Å²) in [5.41, 5.74) is 6.43. The molecule has 7 amide bonds. The molecule has 66 heavy (non-hydrogen) atoms. The molecular weight excluding hydrogens is 893 g/mol. The van der Waals surface area contributed by atoms with Gasteiger partial charge in [-0.05, 0) is 43.6 Å². The smallest absolute Gasteiger partial charge is 0.326 e. The fraction of sp³-hybridized carbons (Fsp3) is 0.585. The van der Waals surface area contributed by atoms with Crippen LogP contribution in [0.15, 0.2) is 30.3 Å². The quantitative estimate of drug-likeness (QED) is 0.0348.